The molecule has 0 aromatic heterocycles. The van der Waals surface area contributed by atoms with Gasteiger partial charge in [0.15, 0.2) is 0 Å². The molecule has 0 spiro atoms. The topological polar surface area (TPSA) is 130 Å². The van der Waals surface area contributed by atoms with Gasteiger partial charge >= 0.3 is 0 Å². The fourth-order valence-corrected chi connectivity index (χ4v) is 3.41. The van der Waals surface area contributed by atoms with E-state index in [4.69, 9.17) is 9.84 Å². The van der Waals surface area contributed by atoms with Crippen molar-refractivity contribution in [3.8, 4) is 5.75 Å². The number of non-ortho nitro benzene ring substituents is 1. The molecular formula is C21H20N2O7. The van der Waals surface area contributed by atoms with E-state index in [1.807, 2.05) is 0 Å². The van der Waals surface area contributed by atoms with Crippen LogP contribution < -0.4 is 4.74 Å². The maximum Gasteiger partial charge on any atom is 0.295 e. The first-order valence-corrected chi connectivity index (χ1v) is 9.17. The van der Waals surface area contributed by atoms with Crippen LogP contribution in [0.3, 0.4) is 0 Å². The number of hydrogen-bond acceptors (Lipinski definition) is 7. The van der Waals surface area contributed by atoms with Crippen LogP contribution >= 0.6 is 0 Å². The van der Waals surface area contributed by atoms with Crippen LogP contribution in [0.1, 0.15) is 23.6 Å². The molecule has 0 radical (unpaired) electrons. The molecule has 30 heavy (non-hydrogen) atoms. The van der Waals surface area contributed by atoms with Gasteiger partial charge in [-0.05, 0) is 36.2 Å². The van der Waals surface area contributed by atoms with Crippen molar-refractivity contribution in [2.45, 2.75) is 12.5 Å². The minimum atomic E-state index is -1.02. The molecule has 0 unspecified atom stereocenters. The number of nitrogens with zero attached hydrogens (tertiary/aromatic N) is 2. The molecule has 1 heterocycles. The lowest BCUT2D eigenvalue weighted by Gasteiger charge is -2.25. The Labute approximate surface area is 172 Å². The van der Waals surface area contributed by atoms with Crippen molar-refractivity contribution in [2.75, 3.05) is 20.3 Å². The number of nitro groups is 1. The monoisotopic (exact) mass is 412 g/mol. The Balaban J connectivity index is 2.17. The van der Waals surface area contributed by atoms with Gasteiger partial charge in [0.05, 0.1) is 23.6 Å². The quantitative estimate of drug-likeness (QED) is 0.235. The third kappa shape index (κ3) is 3.87. The van der Waals surface area contributed by atoms with Gasteiger partial charge in [0, 0.05) is 30.8 Å². The molecule has 1 atom stereocenters. The number of Topliss-reactive ketones (excluding diaryl/α,β-unsaturated/α-hetero) is 1. The van der Waals surface area contributed by atoms with Gasteiger partial charge in [-0.15, -0.1) is 0 Å². The normalized spacial score (nSPS) is 17.9. The van der Waals surface area contributed by atoms with E-state index in [1.54, 1.807) is 30.3 Å². The number of aliphatic hydroxyl groups excluding tert-OH is 2. The number of aliphatic hydroxyl groups is 2. The molecule has 1 aliphatic heterocycles. The zero-order valence-electron chi connectivity index (χ0n) is 16.1. The second kappa shape index (κ2) is 8.75. The summed E-state index contributed by atoms with van der Waals surface area (Å²) in [5, 5.41) is 31.3. The number of nitro benzene ring substituents is 1. The van der Waals surface area contributed by atoms with Crippen LogP contribution in [-0.4, -0.2) is 52.0 Å². The summed E-state index contributed by atoms with van der Waals surface area (Å²) in [6.45, 7) is -0.156. The van der Waals surface area contributed by atoms with Crippen molar-refractivity contribution in [1.29, 1.82) is 0 Å². The number of ether oxygens (including phenoxy) is 1. The SMILES string of the molecule is COc1ccc(C(O)=C2C(=O)C(=O)N(CCCO)[C@@H]2c2cccc([N+](=O)[O-])c2)cc1. The van der Waals surface area contributed by atoms with Crippen LogP contribution in [0, 0.1) is 10.1 Å². The number of rotatable bonds is 7. The number of ketones is 1. The third-order valence-electron chi connectivity index (χ3n) is 4.86. The summed E-state index contributed by atoms with van der Waals surface area (Å²) in [4.78, 5) is 37.3. The Bertz CT molecular complexity index is 1010. The summed E-state index contributed by atoms with van der Waals surface area (Å²) < 4.78 is 5.09. The Morgan fingerprint density at radius 3 is 2.50 bits per heavy atom. The zero-order valence-corrected chi connectivity index (χ0v) is 16.1. The number of likely N-dealkylation sites (tertiary alicyclic amines) is 1. The number of benzene rings is 2. The molecule has 2 N–H and O–H groups in total. The molecule has 1 fully saturated rings. The average Bonchev–Trinajstić information content (AvgIpc) is 3.02. The van der Waals surface area contributed by atoms with E-state index < -0.39 is 22.7 Å². The number of amides is 1. The highest BCUT2D eigenvalue weighted by Crippen LogP contribution is 2.40. The molecule has 3 rings (SSSR count). The lowest BCUT2D eigenvalue weighted by molar-refractivity contribution is -0.384. The first-order chi connectivity index (χ1) is 14.4. The van der Waals surface area contributed by atoms with Crippen LogP contribution in [0.5, 0.6) is 5.75 Å². The standard InChI is InChI=1S/C21H20N2O7/c1-30-16-8-6-13(7-9-16)19(25)17-18(14-4-2-5-15(12-14)23(28)29)22(10-3-11-24)21(27)20(17)26/h2,4-9,12,18,24-25H,3,10-11H2,1H3/t18-/m1/s1. The van der Waals surface area contributed by atoms with Crippen LogP contribution in [0.15, 0.2) is 54.1 Å². The van der Waals surface area contributed by atoms with Gasteiger partial charge in [0.2, 0.25) is 0 Å². The van der Waals surface area contributed by atoms with E-state index in [9.17, 15) is 24.8 Å². The van der Waals surface area contributed by atoms with Gasteiger partial charge in [-0.25, -0.2) is 0 Å². The average molecular weight is 412 g/mol. The van der Waals surface area contributed by atoms with Gasteiger partial charge in [-0.2, -0.15) is 0 Å². The minimum absolute atomic E-state index is 0.0494. The van der Waals surface area contributed by atoms with Crippen LogP contribution in [0.4, 0.5) is 5.69 Å². The Kier molecular flexibility index (Phi) is 6.12. The Morgan fingerprint density at radius 1 is 1.20 bits per heavy atom. The molecule has 9 heteroatoms. The van der Waals surface area contributed by atoms with Crippen molar-refractivity contribution < 1.29 is 29.5 Å². The second-order valence-corrected chi connectivity index (χ2v) is 6.65. The Morgan fingerprint density at radius 2 is 1.90 bits per heavy atom. The van der Waals surface area contributed by atoms with E-state index in [1.165, 1.54) is 30.2 Å². The smallest absolute Gasteiger partial charge is 0.295 e. The molecule has 2 aromatic carbocycles. The number of hydrogen-bond donors (Lipinski definition) is 2. The molecule has 2 aromatic rings. The van der Waals surface area contributed by atoms with E-state index >= 15 is 0 Å². The molecule has 156 valence electrons. The highest BCUT2D eigenvalue weighted by molar-refractivity contribution is 6.46. The van der Waals surface area contributed by atoms with E-state index in [0.29, 0.717) is 16.9 Å². The van der Waals surface area contributed by atoms with Crippen molar-refractivity contribution in [3.63, 3.8) is 0 Å². The number of carbonyl (C=O) groups excluding carboxylic acids is 2. The zero-order chi connectivity index (χ0) is 21.8. The third-order valence-corrected chi connectivity index (χ3v) is 4.86. The van der Waals surface area contributed by atoms with Crippen LogP contribution in [0.25, 0.3) is 5.76 Å². The number of methoxy groups -OCH3 is 1. The fourth-order valence-electron chi connectivity index (χ4n) is 3.41. The summed E-state index contributed by atoms with van der Waals surface area (Å²) in [6.07, 6.45) is 0.209. The molecule has 1 aliphatic rings. The van der Waals surface area contributed by atoms with E-state index in [0.717, 1.165) is 0 Å². The predicted octanol–water partition coefficient (Wildman–Crippen LogP) is 2.41. The van der Waals surface area contributed by atoms with Crippen molar-refractivity contribution in [1.82, 2.24) is 4.90 Å². The lowest BCUT2D eigenvalue weighted by atomic mass is 9.95. The second-order valence-electron chi connectivity index (χ2n) is 6.65. The molecular weight excluding hydrogens is 392 g/mol. The minimum Gasteiger partial charge on any atom is -0.507 e. The summed E-state index contributed by atoms with van der Waals surface area (Å²) in [5.41, 5.74) is 0.246. The van der Waals surface area contributed by atoms with Crippen LogP contribution in [-0.2, 0) is 9.59 Å². The van der Waals surface area contributed by atoms with E-state index in [-0.39, 0.29) is 36.6 Å². The molecule has 0 saturated carbocycles. The first kappa shape index (κ1) is 21.0. The molecule has 1 saturated heterocycles. The largest absolute Gasteiger partial charge is 0.507 e. The van der Waals surface area contributed by atoms with Gasteiger partial charge in [0.25, 0.3) is 17.4 Å². The summed E-state index contributed by atoms with van der Waals surface area (Å²) in [5.74, 6) is -1.57. The molecule has 0 bridgehead atoms. The Hall–Kier alpha value is -3.72. The van der Waals surface area contributed by atoms with Gasteiger partial charge < -0.3 is 19.8 Å². The summed E-state index contributed by atoms with van der Waals surface area (Å²) >= 11 is 0. The first-order valence-electron chi connectivity index (χ1n) is 9.17. The van der Waals surface area contributed by atoms with Gasteiger partial charge in [-0.3, -0.25) is 19.7 Å². The van der Waals surface area contributed by atoms with E-state index in [2.05, 4.69) is 0 Å². The predicted molar refractivity (Wildman–Crippen MR) is 107 cm³/mol. The fraction of sp³-hybridized carbons (Fsp3) is 0.238. The molecule has 0 aliphatic carbocycles. The number of carbonyl (C=O) groups is 2. The maximum atomic E-state index is 12.8. The maximum absolute atomic E-state index is 12.8. The summed E-state index contributed by atoms with van der Waals surface area (Å²) in [6, 6.07) is 10.8. The van der Waals surface area contributed by atoms with Crippen molar-refractivity contribution in [2.24, 2.45) is 0 Å². The van der Waals surface area contributed by atoms with Gasteiger partial charge in [0.1, 0.15) is 11.5 Å². The summed E-state index contributed by atoms with van der Waals surface area (Å²) in [7, 11) is 1.49. The lowest BCUT2D eigenvalue weighted by Crippen LogP contribution is -2.31. The highest BCUT2D eigenvalue weighted by Gasteiger charge is 2.46. The molecule has 1 amide bonds. The molecule has 9 nitrogen and oxygen atoms in total. The van der Waals surface area contributed by atoms with Crippen molar-refractivity contribution >= 4 is 23.1 Å². The highest BCUT2D eigenvalue weighted by atomic mass is 16.6. The van der Waals surface area contributed by atoms with Gasteiger partial charge in [-0.1, -0.05) is 12.1 Å². The van der Waals surface area contributed by atoms with Crippen molar-refractivity contribution in [3.05, 3.63) is 75.3 Å². The van der Waals surface area contributed by atoms with Crippen LogP contribution in [0.2, 0.25) is 0 Å².